The van der Waals surface area contributed by atoms with Gasteiger partial charge in [0.15, 0.2) is 9.84 Å². The van der Waals surface area contributed by atoms with Crippen LogP contribution in [0.5, 0.6) is 0 Å². The van der Waals surface area contributed by atoms with Gasteiger partial charge < -0.3 is 11.1 Å². The Balaban J connectivity index is 2.26. The van der Waals surface area contributed by atoms with Crippen molar-refractivity contribution in [1.82, 2.24) is 0 Å². The van der Waals surface area contributed by atoms with Gasteiger partial charge in [-0.15, -0.1) is 0 Å². The molecule has 1 saturated carbocycles. The zero-order valence-electron chi connectivity index (χ0n) is 12.4. The van der Waals surface area contributed by atoms with E-state index in [0.717, 1.165) is 6.42 Å². The van der Waals surface area contributed by atoms with Gasteiger partial charge in [0, 0.05) is 17.5 Å². The summed E-state index contributed by atoms with van der Waals surface area (Å²) in [5, 5.41) is 3.37. The average molecular weight is 296 g/mol. The van der Waals surface area contributed by atoms with E-state index in [4.69, 9.17) is 5.73 Å². The number of rotatable bonds is 5. The summed E-state index contributed by atoms with van der Waals surface area (Å²) in [5.41, 5.74) is 6.70. The maximum atomic E-state index is 12.3. The van der Waals surface area contributed by atoms with Gasteiger partial charge in [0.1, 0.15) is 0 Å². The SMILES string of the molecule is CCCS(=O)(=O)c1ccccc1NC1CC(N)C1(C)C. The van der Waals surface area contributed by atoms with E-state index in [2.05, 4.69) is 19.2 Å². The third kappa shape index (κ3) is 2.69. The number of nitrogens with one attached hydrogen (secondary N) is 1. The van der Waals surface area contributed by atoms with Crippen molar-refractivity contribution in [2.24, 2.45) is 11.1 Å². The fourth-order valence-corrected chi connectivity index (χ4v) is 4.13. The molecule has 2 atom stereocenters. The van der Waals surface area contributed by atoms with Crippen LogP contribution in [0.3, 0.4) is 0 Å². The Morgan fingerprint density at radius 3 is 2.55 bits per heavy atom. The van der Waals surface area contributed by atoms with Crippen LogP contribution in [-0.2, 0) is 9.84 Å². The molecule has 2 unspecified atom stereocenters. The van der Waals surface area contributed by atoms with Crippen LogP contribution in [0.4, 0.5) is 5.69 Å². The number of sulfone groups is 1. The molecule has 3 N–H and O–H groups in total. The molecule has 0 radical (unpaired) electrons. The fraction of sp³-hybridized carbons (Fsp3) is 0.600. The molecular weight excluding hydrogens is 272 g/mol. The van der Waals surface area contributed by atoms with Gasteiger partial charge in [-0.05, 0) is 25.0 Å². The van der Waals surface area contributed by atoms with Crippen molar-refractivity contribution in [3.63, 3.8) is 0 Å². The van der Waals surface area contributed by atoms with Crippen LogP contribution >= 0.6 is 0 Å². The molecular formula is C15H24N2O2S. The van der Waals surface area contributed by atoms with Crippen molar-refractivity contribution in [2.45, 2.75) is 50.6 Å². The Kier molecular flexibility index (Phi) is 4.12. The van der Waals surface area contributed by atoms with Gasteiger partial charge in [0.2, 0.25) is 0 Å². The van der Waals surface area contributed by atoms with Crippen LogP contribution in [0.1, 0.15) is 33.6 Å². The molecule has 0 heterocycles. The van der Waals surface area contributed by atoms with E-state index in [1.54, 1.807) is 12.1 Å². The van der Waals surface area contributed by atoms with Crippen LogP contribution in [-0.4, -0.2) is 26.3 Å². The number of para-hydroxylation sites is 1. The quantitative estimate of drug-likeness (QED) is 0.875. The van der Waals surface area contributed by atoms with E-state index in [1.807, 2.05) is 19.1 Å². The predicted molar refractivity (Wildman–Crippen MR) is 82.6 cm³/mol. The van der Waals surface area contributed by atoms with Gasteiger partial charge in [-0.25, -0.2) is 8.42 Å². The molecule has 5 heteroatoms. The van der Waals surface area contributed by atoms with Crippen molar-refractivity contribution in [3.8, 4) is 0 Å². The van der Waals surface area contributed by atoms with E-state index in [9.17, 15) is 8.42 Å². The summed E-state index contributed by atoms with van der Waals surface area (Å²) < 4.78 is 24.6. The summed E-state index contributed by atoms with van der Waals surface area (Å²) in [6.07, 6.45) is 1.49. The number of anilines is 1. The highest BCUT2D eigenvalue weighted by Gasteiger charge is 2.46. The van der Waals surface area contributed by atoms with Crippen LogP contribution in [0.2, 0.25) is 0 Å². The average Bonchev–Trinajstić information content (AvgIpc) is 2.39. The lowest BCUT2D eigenvalue weighted by Gasteiger charge is -2.51. The Bertz CT molecular complexity index is 581. The van der Waals surface area contributed by atoms with Gasteiger partial charge in [0.25, 0.3) is 0 Å². The summed E-state index contributed by atoms with van der Waals surface area (Å²) >= 11 is 0. The van der Waals surface area contributed by atoms with E-state index in [0.29, 0.717) is 17.0 Å². The van der Waals surface area contributed by atoms with Gasteiger partial charge in [-0.2, -0.15) is 0 Å². The first kappa shape index (κ1) is 15.3. The molecule has 1 aliphatic carbocycles. The minimum atomic E-state index is -3.22. The highest BCUT2D eigenvalue weighted by Crippen LogP contribution is 2.41. The van der Waals surface area contributed by atoms with Gasteiger partial charge in [0.05, 0.1) is 16.3 Å². The first-order valence-corrected chi connectivity index (χ1v) is 8.78. The summed E-state index contributed by atoms with van der Waals surface area (Å²) in [6.45, 7) is 6.10. The molecule has 1 fully saturated rings. The third-order valence-corrected chi connectivity index (χ3v) is 6.34. The topological polar surface area (TPSA) is 72.2 Å². The summed E-state index contributed by atoms with van der Waals surface area (Å²) in [4.78, 5) is 0.401. The third-order valence-electron chi connectivity index (χ3n) is 4.37. The van der Waals surface area contributed by atoms with Crippen molar-refractivity contribution >= 4 is 15.5 Å². The van der Waals surface area contributed by atoms with Crippen LogP contribution in [0.15, 0.2) is 29.2 Å². The maximum absolute atomic E-state index is 12.3. The van der Waals surface area contributed by atoms with Crippen molar-refractivity contribution in [3.05, 3.63) is 24.3 Å². The number of nitrogens with two attached hydrogens (primary N) is 1. The molecule has 0 amide bonds. The molecule has 0 saturated heterocycles. The highest BCUT2D eigenvalue weighted by atomic mass is 32.2. The number of hydrogen-bond acceptors (Lipinski definition) is 4. The molecule has 0 bridgehead atoms. The number of benzene rings is 1. The second-order valence-corrected chi connectivity index (χ2v) is 8.25. The molecule has 0 aromatic heterocycles. The molecule has 1 aromatic rings. The predicted octanol–water partition coefficient (Wildman–Crippen LogP) is 2.41. The molecule has 20 heavy (non-hydrogen) atoms. The Labute approximate surface area is 121 Å². The lowest BCUT2D eigenvalue weighted by molar-refractivity contribution is 0.117. The molecule has 112 valence electrons. The zero-order valence-corrected chi connectivity index (χ0v) is 13.2. The first-order valence-electron chi connectivity index (χ1n) is 7.13. The highest BCUT2D eigenvalue weighted by molar-refractivity contribution is 7.91. The first-order chi connectivity index (χ1) is 9.29. The van der Waals surface area contributed by atoms with E-state index >= 15 is 0 Å². The summed E-state index contributed by atoms with van der Waals surface area (Å²) in [7, 11) is -3.22. The van der Waals surface area contributed by atoms with Gasteiger partial charge >= 0.3 is 0 Å². The second kappa shape index (κ2) is 5.37. The Hall–Kier alpha value is -1.07. The minimum absolute atomic E-state index is 0.0123. The smallest absolute Gasteiger partial charge is 0.180 e. The monoisotopic (exact) mass is 296 g/mol. The summed E-state index contributed by atoms with van der Waals surface area (Å²) in [6, 6.07) is 7.53. The molecule has 1 aliphatic rings. The van der Waals surface area contributed by atoms with Crippen molar-refractivity contribution < 1.29 is 8.42 Å². The minimum Gasteiger partial charge on any atom is -0.381 e. The largest absolute Gasteiger partial charge is 0.381 e. The summed E-state index contributed by atoms with van der Waals surface area (Å²) in [5.74, 6) is 0.180. The zero-order chi connectivity index (χ0) is 15.0. The van der Waals surface area contributed by atoms with Crippen molar-refractivity contribution in [2.75, 3.05) is 11.1 Å². The fourth-order valence-electron chi connectivity index (χ4n) is 2.63. The molecule has 0 aliphatic heterocycles. The molecule has 1 aromatic carbocycles. The van der Waals surface area contributed by atoms with Crippen LogP contribution < -0.4 is 11.1 Å². The molecule has 2 rings (SSSR count). The van der Waals surface area contributed by atoms with E-state index in [-0.39, 0.29) is 23.3 Å². The van der Waals surface area contributed by atoms with Gasteiger partial charge in [-0.1, -0.05) is 32.9 Å². The molecule has 4 nitrogen and oxygen atoms in total. The normalized spacial score (nSPS) is 25.0. The van der Waals surface area contributed by atoms with Crippen molar-refractivity contribution in [1.29, 1.82) is 0 Å². The Morgan fingerprint density at radius 2 is 2.00 bits per heavy atom. The van der Waals surface area contributed by atoms with Crippen LogP contribution in [0.25, 0.3) is 0 Å². The van der Waals surface area contributed by atoms with E-state index in [1.165, 1.54) is 0 Å². The van der Waals surface area contributed by atoms with Crippen LogP contribution in [0, 0.1) is 5.41 Å². The lowest BCUT2D eigenvalue weighted by atomic mass is 9.63. The standard InChI is InChI=1S/C15H24N2O2S/c1-4-9-20(18,19)12-8-6-5-7-11(12)17-14-10-13(16)15(14,2)3/h5-8,13-14,17H,4,9-10,16H2,1-3H3. The van der Waals surface area contributed by atoms with Gasteiger partial charge in [-0.3, -0.25) is 0 Å². The number of hydrogen-bond donors (Lipinski definition) is 2. The second-order valence-electron chi connectivity index (χ2n) is 6.18. The lowest BCUT2D eigenvalue weighted by Crippen LogP contribution is -2.61. The van der Waals surface area contributed by atoms with E-state index < -0.39 is 9.84 Å². The maximum Gasteiger partial charge on any atom is 0.180 e. The Morgan fingerprint density at radius 1 is 1.35 bits per heavy atom. The molecule has 0 spiro atoms.